The number of benzene rings is 2. The topological polar surface area (TPSA) is 56.4 Å². The minimum absolute atomic E-state index is 0.149. The Labute approximate surface area is 160 Å². The maximum absolute atomic E-state index is 13.4. The van der Waals surface area contributed by atoms with Gasteiger partial charge in [0.1, 0.15) is 6.04 Å². The molecule has 0 radical (unpaired) electrons. The molecule has 2 aromatic carbocycles. The second-order valence-electron chi connectivity index (χ2n) is 7.91. The smallest absolute Gasteiger partial charge is 0.241 e. The summed E-state index contributed by atoms with van der Waals surface area (Å²) in [6.45, 7) is 3.35. The molecule has 5 nitrogen and oxygen atoms in total. The zero-order valence-electron chi connectivity index (χ0n) is 15.4. The average molecular weight is 362 g/mol. The first kappa shape index (κ1) is 16.9. The average Bonchev–Trinajstić information content (AvgIpc) is 3.17. The Balaban J connectivity index is 1.43. The number of carbonyl (C=O) groups excluding carboxylic acids is 1. The molecule has 3 N–H and O–H groups in total. The summed E-state index contributed by atoms with van der Waals surface area (Å²) in [7, 11) is 0. The molecule has 0 aromatic heterocycles. The molecule has 0 saturated carbocycles. The molecule has 3 aliphatic rings. The Kier molecular flexibility index (Phi) is 4.44. The van der Waals surface area contributed by atoms with Crippen molar-refractivity contribution in [2.45, 2.75) is 31.0 Å². The van der Waals surface area contributed by atoms with Crippen molar-refractivity contribution in [1.82, 2.24) is 21.1 Å². The van der Waals surface area contributed by atoms with Crippen molar-refractivity contribution >= 4 is 5.91 Å². The molecule has 5 heteroatoms. The lowest BCUT2D eigenvalue weighted by Crippen LogP contribution is -2.52. The van der Waals surface area contributed by atoms with Gasteiger partial charge in [0.25, 0.3) is 0 Å². The van der Waals surface area contributed by atoms with E-state index in [-0.39, 0.29) is 17.9 Å². The Bertz CT molecular complexity index is 824. The molecule has 0 bridgehead atoms. The zero-order valence-corrected chi connectivity index (χ0v) is 15.4. The Morgan fingerprint density at radius 3 is 2.70 bits per heavy atom. The van der Waals surface area contributed by atoms with Crippen molar-refractivity contribution in [1.29, 1.82) is 0 Å². The maximum atomic E-state index is 13.4. The third-order valence-electron chi connectivity index (χ3n) is 6.36. The number of hydrogen-bond acceptors (Lipinski definition) is 4. The first-order valence-corrected chi connectivity index (χ1v) is 9.94. The number of hydrogen-bond donors (Lipinski definition) is 3. The summed E-state index contributed by atoms with van der Waals surface area (Å²) in [6, 6.07) is 19.4. The molecule has 0 aliphatic carbocycles. The number of nitrogens with one attached hydrogen (secondary N) is 3. The van der Waals surface area contributed by atoms with E-state index in [4.69, 9.17) is 0 Å². The Hall–Kier alpha value is -2.21. The number of rotatable bonds is 2. The lowest BCUT2D eigenvalue weighted by atomic mass is 9.83. The summed E-state index contributed by atoms with van der Waals surface area (Å²) < 4.78 is 0. The molecule has 1 amide bonds. The van der Waals surface area contributed by atoms with Crippen molar-refractivity contribution in [3.63, 3.8) is 0 Å². The highest BCUT2D eigenvalue weighted by Gasteiger charge is 2.43. The molecular formula is C22H26N4O. The number of piperidine rings is 1. The quantitative estimate of drug-likeness (QED) is 0.760. The van der Waals surface area contributed by atoms with E-state index < -0.39 is 0 Å². The van der Waals surface area contributed by atoms with Gasteiger partial charge in [-0.3, -0.25) is 10.2 Å². The van der Waals surface area contributed by atoms with E-state index in [2.05, 4.69) is 69.6 Å². The zero-order chi connectivity index (χ0) is 18.2. The summed E-state index contributed by atoms with van der Waals surface area (Å²) in [6.07, 6.45) is 1.07. The molecule has 3 aliphatic heterocycles. The van der Waals surface area contributed by atoms with Gasteiger partial charge in [0, 0.05) is 37.5 Å². The molecule has 4 atom stereocenters. The van der Waals surface area contributed by atoms with Crippen LogP contribution in [0.2, 0.25) is 0 Å². The van der Waals surface area contributed by atoms with Crippen molar-refractivity contribution in [3.8, 4) is 0 Å². The van der Waals surface area contributed by atoms with Crippen LogP contribution in [0.25, 0.3) is 0 Å². The van der Waals surface area contributed by atoms with Gasteiger partial charge < -0.3 is 10.2 Å². The van der Waals surface area contributed by atoms with E-state index in [1.165, 1.54) is 16.7 Å². The minimum atomic E-state index is -0.149. The molecule has 3 heterocycles. The lowest BCUT2D eigenvalue weighted by Gasteiger charge is -2.37. The molecule has 140 valence electrons. The summed E-state index contributed by atoms with van der Waals surface area (Å²) in [5.74, 6) is 0.766. The molecule has 27 heavy (non-hydrogen) atoms. The first-order valence-electron chi connectivity index (χ1n) is 9.94. The van der Waals surface area contributed by atoms with Gasteiger partial charge in [0.05, 0.1) is 0 Å². The van der Waals surface area contributed by atoms with Crippen molar-refractivity contribution in [2.75, 3.05) is 19.6 Å². The van der Waals surface area contributed by atoms with Gasteiger partial charge >= 0.3 is 0 Å². The fourth-order valence-electron chi connectivity index (χ4n) is 4.90. The van der Waals surface area contributed by atoms with Crippen LogP contribution in [0, 0.1) is 5.92 Å². The summed E-state index contributed by atoms with van der Waals surface area (Å²) in [5, 5.41) is 3.44. The number of fused-ring (bicyclic) bond motifs is 2. The molecule has 5 rings (SSSR count). The monoisotopic (exact) mass is 362 g/mol. The maximum Gasteiger partial charge on any atom is 0.241 e. The number of carbonyl (C=O) groups is 1. The normalized spacial score (nSPS) is 29.9. The van der Waals surface area contributed by atoms with Crippen molar-refractivity contribution < 1.29 is 4.79 Å². The van der Waals surface area contributed by atoms with Crippen LogP contribution in [0.3, 0.4) is 0 Å². The van der Waals surface area contributed by atoms with Crippen molar-refractivity contribution in [2.24, 2.45) is 5.92 Å². The van der Waals surface area contributed by atoms with E-state index in [0.717, 1.165) is 26.1 Å². The van der Waals surface area contributed by atoms with Gasteiger partial charge in [0.15, 0.2) is 0 Å². The van der Waals surface area contributed by atoms with Gasteiger partial charge in [-0.05, 0) is 29.7 Å². The van der Waals surface area contributed by atoms with E-state index in [1.807, 2.05) is 6.07 Å². The van der Waals surface area contributed by atoms with E-state index in [1.54, 1.807) is 0 Å². The van der Waals surface area contributed by atoms with E-state index >= 15 is 0 Å². The summed E-state index contributed by atoms with van der Waals surface area (Å²) in [5.41, 5.74) is 10.5. The summed E-state index contributed by atoms with van der Waals surface area (Å²) in [4.78, 5) is 15.5. The lowest BCUT2D eigenvalue weighted by molar-refractivity contribution is -0.135. The molecular weight excluding hydrogens is 336 g/mol. The highest BCUT2D eigenvalue weighted by atomic mass is 16.2. The van der Waals surface area contributed by atoms with Crippen LogP contribution < -0.4 is 16.2 Å². The predicted molar refractivity (Wildman–Crippen MR) is 105 cm³/mol. The third-order valence-corrected chi connectivity index (χ3v) is 6.36. The van der Waals surface area contributed by atoms with Crippen LogP contribution in [-0.2, 0) is 11.3 Å². The molecule has 2 saturated heterocycles. The van der Waals surface area contributed by atoms with Crippen LogP contribution in [0.15, 0.2) is 54.6 Å². The van der Waals surface area contributed by atoms with Gasteiger partial charge in [-0.2, -0.15) is 0 Å². The number of nitrogens with zero attached hydrogens (tertiary/aromatic N) is 1. The Morgan fingerprint density at radius 1 is 1.00 bits per heavy atom. The third kappa shape index (κ3) is 3.06. The molecule has 0 spiro atoms. The molecule has 4 unspecified atom stereocenters. The van der Waals surface area contributed by atoms with Gasteiger partial charge in [0.2, 0.25) is 5.91 Å². The predicted octanol–water partition coefficient (Wildman–Crippen LogP) is 1.62. The number of hydrazine groups is 1. The second-order valence-corrected chi connectivity index (χ2v) is 7.91. The SMILES string of the molecule is O=C(C1NNC2CCNCC21)N1Cc2ccccc2C(c2ccccc2)C1. The molecule has 2 fully saturated rings. The number of amides is 1. The molecule has 2 aromatic rings. The van der Waals surface area contributed by atoms with E-state index in [9.17, 15) is 4.79 Å². The van der Waals surface area contributed by atoms with Crippen LogP contribution in [0.1, 0.15) is 29.0 Å². The van der Waals surface area contributed by atoms with Gasteiger partial charge in [-0.25, -0.2) is 5.43 Å². The fourth-order valence-corrected chi connectivity index (χ4v) is 4.90. The van der Waals surface area contributed by atoms with Crippen LogP contribution in [-0.4, -0.2) is 42.5 Å². The van der Waals surface area contributed by atoms with Crippen LogP contribution in [0.4, 0.5) is 0 Å². The second kappa shape index (κ2) is 7.08. The first-order chi connectivity index (χ1) is 13.3. The fraction of sp³-hybridized carbons (Fsp3) is 0.409. The van der Waals surface area contributed by atoms with Gasteiger partial charge in [-0.1, -0.05) is 54.6 Å². The highest BCUT2D eigenvalue weighted by molar-refractivity contribution is 5.83. The van der Waals surface area contributed by atoms with Crippen LogP contribution >= 0.6 is 0 Å². The highest BCUT2D eigenvalue weighted by Crippen LogP contribution is 2.34. The summed E-state index contributed by atoms with van der Waals surface area (Å²) >= 11 is 0. The van der Waals surface area contributed by atoms with Crippen molar-refractivity contribution in [3.05, 3.63) is 71.3 Å². The van der Waals surface area contributed by atoms with Gasteiger partial charge in [-0.15, -0.1) is 0 Å². The minimum Gasteiger partial charge on any atom is -0.336 e. The van der Waals surface area contributed by atoms with Crippen LogP contribution in [0.5, 0.6) is 0 Å². The largest absolute Gasteiger partial charge is 0.336 e. The Morgan fingerprint density at radius 2 is 1.81 bits per heavy atom. The standard InChI is InChI=1S/C22H26N4O/c27-22(21-18-12-23-11-10-20(18)24-25-21)26-13-16-8-4-5-9-17(16)19(14-26)15-6-2-1-3-7-15/h1-9,18-21,23-25H,10-14H2. The van der Waals surface area contributed by atoms with E-state index in [0.29, 0.717) is 18.5 Å².